The first-order valence-corrected chi connectivity index (χ1v) is 5.84. The Morgan fingerprint density at radius 3 is 2.94 bits per heavy atom. The van der Waals surface area contributed by atoms with E-state index in [4.69, 9.17) is 0 Å². The molecule has 17 heavy (non-hydrogen) atoms. The molecule has 1 aromatic carbocycles. The van der Waals surface area contributed by atoms with Crippen LogP contribution in [0.2, 0.25) is 0 Å². The van der Waals surface area contributed by atoms with E-state index in [0.29, 0.717) is 18.0 Å². The summed E-state index contributed by atoms with van der Waals surface area (Å²) < 4.78 is 12.9. The molecule has 1 aliphatic carbocycles. The first-order chi connectivity index (χ1) is 8.15. The van der Waals surface area contributed by atoms with Crippen molar-refractivity contribution < 1.29 is 14.3 Å². The zero-order chi connectivity index (χ0) is 12.3. The Morgan fingerprint density at radius 1 is 1.53 bits per heavy atom. The lowest BCUT2D eigenvalue weighted by Crippen LogP contribution is -2.34. The predicted octanol–water partition coefficient (Wildman–Crippen LogP) is 1.26. The van der Waals surface area contributed by atoms with Gasteiger partial charge in [-0.2, -0.15) is 0 Å². The van der Waals surface area contributed by atoms with Gasteiger partial charge in [0.05, 0.1) is 12.5 Å². The summed E-state index contributed by atoms with van der Waals surface area (Å²) in [5.41, 5.74) is 0.642. The maximum atomic E-state index is 12.9. The molecule has 0 aliphatic heterocycles. The number of amides is 1. The van der Waals surface area contributed by atoms with Crippen LogP contribution in [0.25, 0.3) is 0 Å². The maximum absolute atomic E-state index is 12.9. The lowest BCUT2D eigenvalue weighted by atomic mass is 10.1. The molecule has 0 aromatic heterocycles. The zero-order valence-electron chi connectivity index (χ0n) is 9.53. The predicted molar refractivity (Wildman–Crippen MR) is 61.8 cm³/mol. The van der Waals surface area contributed by atoms with Gasteiger partial charge in [-0.15, -0.1) is 0 Å². The highest BCUT2D eigenvalue weighted by atomic mass is 19.1. The Bertz CT molecular complexity index is 404. The van der Waals surface area contributed by atoms with Crippen LogP contribution in [0.4, 0.5) is 4.39 Å². The fourth-order valence-corrected chi connectivity index (χ4v) is 1.76. The van der Waals surface area contributed by atoms with E-state index in [9.17, 15) is 14.3 Å². The molecule has 0 spiro atoms. The van der Waals surface area contributed by atoms with Gasteiger partial charge in [-0.05, 0) is 36.5 Å². The number of halogens is 1. The number of aliphatic hydroxyl groups excluding tert-OH is 1. The molecule has 1 saturated carbocycles. The molecule has 1 atom stereocenters. The fourth-order valence-electron chi connectivity index (χ4n) is 1.76. The lowest BCUT2D eigenvalue weighted by Gasteiger charge is -2.10. The number of nitrogens with one attached hydrogen (secondary N) is 1. The van der Waals surface area contributed by atoms with E-state index in [2.05, 4.69) is 5.32 Å². The fraction of sp³-hybridized carbons (Fsp3) is 0.462. The third-order valence-electron chi connectivity index (χ3n) is 2.93. The maximum Gasteiger partial charge on any atom is 0.224 e. The Kier molecular flexibility index (Phi) is 3.74. The van der Waals surface area contributed by atoms with Crippen LogP contribution < -0.4 is 5.32 Å². The van der Waals surface area contributed by atoms with Gasteiger partial charge in [0.2, 0.25) is 5.91 Å². The summed E-state index contributed by atoms with van der Waals surface area (Å²) in [5, 5.41) is 12.2. The van der Waals surface area contributed by atoms with Crippen molar-refractivity contribution in [1.82, 2.24) is 5.32 Å². The SMILES string of the molecule is O=C(Cc1cccc(F)c1)NCC(O)C1CC1. The quantitative estimate of drug-likeness (QED) is 0.810. The molecule has 3 nitrogen and oxygen atoms in total. The minimum Gasteiger partial charge on any atom is -0.391 e. The van der Waals surface area contributed by atoms with E-state index >= 15 is 0 Å². The smallest absolute Gasteiger partial charge is 0.224 e. The number of aliphatic hydroxyl groups is 1. The minimum atomic E-state index is -0.438. The van der Waals surface area contributed by atoms with Crippen molar-refractivity contribution in [2.45, 2.75) is 25.4 Å². The molecule has 0 radical (unpaired) electrons. The number of hydrogen-bond donors (Lipinski definition) is 2. The van der Waals surface area contributed by atoms with Crippen LogP contribution in [0, 0.1) is 11.7 Å². The molecule has 0 bridgehead atoms. The van der Waals surface area contributed by atoms with Crippen molar-refractivity contribution in [3.05, 3.63) is 35.6 Å². The van der Waals surface area contributed by atoms with Gasteiger partial charge in [0, 0.05) is 6.54 Å². The second kappa shape index (κ2) is 5.27. The van der Waals surface area contributed by atoms with Crippen molar-refractivity contribution in [1.29, 1.82) is 0 Å². The molecule has 0 heterocycles. The molecule has 1 aliphatic rings. The summed E-state index contributed by atoms with van der Waals surface area (Å²) in [6, 6.07) is 5.98. The van der Waals surface area contributed by atoms with Gasteiger partial charge >= 0.3 is 0 Å². The second-order valence-electron chi connectivity index (χ2n) is 4.52. The molecular formula is C13H16FNO2. The number of carbonyl (C=O) groups excluding carboxylic acids is 1. The number of carbonyl (C=O) groups is 1. The highest BCUT2D eigenvalue weighted by Gasteiger charge is 2.29. The molecular weight excluding hydrogens is 221 g/mol. The first-order valence-electron chi connectivity index (χ1n) is 5.84. The van der Waals surface area contributed by atoms with E-state index in [0.717, 1.165) is 12.8 Å². The number of benzene rings is 1. The molecule has 1 amide bonds. The standard InChI is InChI=1S/C13H16FNO2/c14-11-3-1-2-9(6-11)7-13(17)15-8-12(16)10-4-5-10/h1-3,6,10,12,16H,4-5,7-8H2,(H,15,17). The lowest BCUT2D eigenvalue weighted by molar-refractivity contribution is -0.120. The highest BCUT2D eigenvalue weighted by molar-refractivity contribution is 5.78. The highest BCUT2D eigenvalue weighted by Crippen LogP contribution is 2.32. The molecule has 1 fully saturated rings. The summed E-state index contributed by atoms with van der Waals surface area (Å²) in [7, 11) is 0. The summed E-state index contributed by atoms with van der Waals surface area (Å²) in [5.74, 6) is -0.173. The molecule has 2 N–H and O–H groups in total. The topological polar surface area (TPSA) is 49.3 Å². The normalized spacial score (nSPS) is 16.6. The van der Waals surface area contributed by atoms with E-state index in [1.807, 2.05) is 0 Å². The van der Waals surface area contributed by atoms with Crippen LogP contribution in [-0.4, -0.2) is 23.7 Å². The van der Waals surface area contributed by atoms with Crippen LogP contribution in [0.5, 0.6) is 0 Å². The first kappa shape index (κ1) is 12.0. The summed E-state index contributed by atoms with van der Waals surface area (Å²) in [6.45, 7) is 0.290. The van der Waals surface area contributed by atoms with Crippen molar-refractivity contribution >= 4 is 5.91 Å². The number of hydrogen-bond acceptors (Lipinski definition) is 2. The van der Waals surface area contributed by atoms with Gasteiger partial charge in [-0.3, -0.25) is 4.79 Å². The third kappa shape index (κ3) is 3.82. The molecule has 0 saturated heterocycles. The Morgan fingerprint density at radius 2 is 2.29 bits per heavy atom. The molecule has 1 aromatic rings. The average molecular weight is 237 g/mol. The summed E-state index contributed by atoms with van der Waals surface area (Å²) in [6.07, 6.45) is 1.79. The Labute approximate surface area is 99.7 Å². The van der Waals surface area contributed by atoms with Crippen LogP contribution in [0.3, 0.4) is 0 Å². The van der Waals surface area contributed by atoms with Gasteiger partial charge in [0.1, 0.15) is 5.82 Å². The average Bonchev–Trinajstić information content (AvgIpc) is 3.09. The summed E-state index contributed by atoms with van der Waals surface area (Å²) in [4.78, 5) is 11.5. The van der Waals surface area contributed by atoms with E-state index in [1.165, 1.54) is 12.1 Å². The molecule has 2 rings (SSSR count). The van der Waals surface area contributed by atoms with Gasteiger partial charge in [-0.1, -0.05) is 12.1 Å². The summed E-state index contributed by atoms with van der Waals surface area (Å²) >= 11 is 0. The Hall–Kier alpha value is -1.42. The van der Waals surface area contributed by atoms with Gasteiger partial charge in [0.25, 0.3) is 0 Å². The van der Waals surface area contributed by atoms with E-state index in [-0.39, 0.29) is 18.1 Å². The van der Waals surface area contributed by atoms with Crippen LogP contribution >= 0.6 is 0 Å². The van der Waals surface area contributed by atoms with Gasteiger partial charge in [-0.25, -0.2) is 4.39 Å². The molecule has 4 heteroatoms. The second-order valence-corrected chi connectivity index (χ2v) is 4.52. The zero-order valence-corrected chi connectivity index (χ0v) is 9.53. The van der Waals surface area contributed by atoms with Crippen LogP contribution in [-0.2, 0) is 11.2 Å². The van der Waals surface area contributed by atoms with Crippen molar-refractivity contribution in [2.24, 2.45) is 5.92 Å². The third-order valence-corrected chi connectivity index (χ3v) is 2.93. The van der Waals surface area contributed by atoms with Gasteiger partial charge < -0.3 is 10.4 Å². The van der Waals surface area contributed by atoms with Crippen LogP contribution in [0.15, 0.2) is 24.3 Å². The minimum absolute atomic E-state index is 0.148. The van der Waals surface area contributed by atoms with E-state index < -0.39 is 6.10 Å². The monoisotopic (exact) mass is 237 g/mol. The Balaban J connectivity index is 1.76. The molecule has 1 unspecified atom stereocenters. The van der Waals surface area contributed by atoms with Crippen LogP contribution in [0.1, 0.15) is 18.4 Å². The van der Waals surface area contributed by atoms with Crippen molar-refractivity contribution in [2.75, 3.05) is 6.54 Å². The molecule has 92 valence electrons. The largest absolute Gasteiger partial charge is 0.391 e. The number of rotatable bonds is 5. The van der Waals surface area contributed by atoms with Gasteiger partial charge in [0.15, 0.2) is 0 Å². The van der Waals surface area contributed by atoms with Crippen molar-refractivity contribution in [3.63, 3.8) is 0 Å². The van der Waals surface area contributed by atoms with Crippen molar-refractivity contribution in [3.8, 4) is 0 Å². The van der Waals surface area contributed by atoms with E-state index in [1.54, 1.807) is 12.1 Å².